The number of aliphatic hydroxyl groups excluding tert-OH is 1. The van der Waals surface area contributed by atoms with Crippen LogP contribution in [0.1, 0.15) is 67.8 Å². The van der Waals surface area contributed by atoms with E-state index in [2.05, 4.69) is 9.97 Å². The Kier molecular flexibility index (Phi) is 8.90. The lowest BCUT2D eigenvalue weighted by Crippen LogP contribution is -2.26. The Morgan fingerprint density at radius 2 is 2.03 bits per heavy atom. The first-order valence-corrected chi connectivity index (χ1v) is 12.4. The quantitative estimate of drug-likeness (QED) is 0.504. The Balaban J connectivity index is 1.52. The van der Waals surface area contributed by atoms with Gasteiger partial charge in [-0.2, -0.15) is 0 Å². The van der Waals surface area contributed by atoms with Gasteiger partial charge in [0.15, 0.2) is 18.2 Å². The van der Waals surface area contributed by atoms with Crippen molar-refractivity contribution < 1.29 is 33.6 Å². The van der Waals surface area contributed by atoms with Crippen molar-refractivity contribution in [3.8, 4) is 11.5 Å². The van der Waals surface area contributed by atoms with Crippen molar-refractivity contribution in [2.24, 2.45) is 0 Å². The molecule has 0 spiro atoms. The summed E-state index contributed by atoms with van der Waals surface area (Å²) >= 11 is 0. The molecule has 1 aromatic heterocycles. The van der Waals surface area contributed by atoms with Gasteiger partial charge in [-0.25, -0.2) is 14.8 Å². The van der Waals surface area contributed by atoms with Crippen molar-refractivity contribution in [3.63, 3.8) is 0 Å². The monoisotopic (exact) mass is 486 g/mol. The second-order valence-electron chi connectivity index (χ2n) is 8.81. The van der Waals surface area contributed by atoms with Gasteiger partial charge in [-0.05, 0) is 63.3 Å². The molecular weight excluding hydrogens is 452 g/mol. The fraction of sp³-hybridized carbons (Fsp3) is 0.577. The van der Waals surface area contributed by atoms with Gasteiger partial charge in [-0.3, -0.25) is 0 Å². The van der Waals surface area contributed by atoms with Crippen LogP contribution in [0.15, 0.2) is 24.4 Å². The Morgan fingerprint density at radius 3 is 2.77 bits per heavy atom. The number of rotatable bonds is 10. The zero-order valence-electron chi connectivity index (χ0n) is 20.4. The zero-order valence-corrected chi connectivity index (χ0v) is 20.4. The highest BCUT2D eigenvalue weighted by Crippen LogP contribution is 2.32. The van der Waals surface area contributed by atoms with Gasteiger partial charge in [-0.15, -0.1) is 0 Å². The summed E-state index contributed by atoms with van der Waals surface area (Å²) in [6.07, 6.45) is 4.84. The summed E-state index contributed by atoms with van der Waals surface area (Å²) in [4.78, 5) is 21.0. The largest absolute Gasteiger partial charge is 0.487 e. The fourth-order valence-electron chi connectivity index (χ4n) is 4.18. The summed E-state index contributed by atoms with van der Waals surface area (Å²) in [6.45, 7) is 5.43. The van der Waals surface area contributed by atoms with Crippen LogP contribution in [0.2, 0.25) is 0 Å². The van der Waals surface area contributed by atoms with Gasteiger partial charge in [0.05, 0.1) is 18.9 Å². The number of aliphatic hydroxyl groups is 1. The molecule has 190 valence electrons. The molecule has 0 saturated carbocycles. The summed E-state index contributed by atoms with van der Waals surface area (Å²) in [5.41, 5.74) is 2.22. The van der Waals surface area contributed by atoms with Gasteiger partial charge in [0.1, 0.15) is 24.2 Å². The van der Waals surface area contributed by atoms with Gasteiger partial charge < -0.3 is 28.8 Å². The first-order chi connectivity index (χ1) is 17.0. The number of aryl methyl sites for hydroxylation is 1. The summed E-state index contributed by atoms with van der Waals surface area (Å²) in [5.74, 6) is 1.17. The van der Waals surface area contributed by atoms with Gasteiger partial charge in [0.25, 0.3) is 0 Å². The van der Waals surface area contributed by atoms with E-state index in [1.807, 2.05) is 19.1 Å². The molecule has 9 heteroatoms. The Hall–Kier alpha value is -2.75. The molecule has 3 atom stereocenters. The first-order valence-electron chi connectivity index (χ1n) is 12.4. The van der Waals surface area contributed by atoms with Crippen molar-refractivity contribution >= 4 is 5.97 Å². The van der Waals surface area contributed by atoms with E-state index in [1.54, 1.807) is 19.2 Å². The molecule has 4 rings (SSSR count). The average molecular weight is 487 g/mol. The first kappa shape index (κ1) is 25.3. The second kappa shape index (κ2) is 12.3. The van der Waals surface area contributed by atoms with Crippen molar-refractivity contribution in [1.29, 1.82) is 0 Å². The van der Waals surface area contributed by atoms with Crippen LogP contribution in [0.5, 0.6) is 11.5 Å². The van der Waals surface area contributed by atoms with Crippen LogP contribution in [0.4, 0.5) is 0 Å². The standard InChI is InChI=1S/C26H34N2O7/c1-3-31-26(30)20(29)14-18-15-22(35-24-8-4-5-11-33-24)17(2)13-23(18)34-16-19-9-10-27-25(28-19)21-7-6-12-32-21/h9-10,13,15,20-21,24,29H,3-8,11-12,14,16H2,1-2H3/t20-,21+,24?/m1/s1. The summed E-state index contributed by atoms with van der Waals surface area (Å²) in [5, 5.41) is 10.4. The molecular formula is C26H34N2O7. The van der Waals surface area contributed by atoms with E-state index < -0.39 is 12.1 Å². The van der Waals surface area contributed by atoms with Crippen LogP contribution in [0.25, 0.3) is 0 Å². The van der Waals surface area contributed by atoms with Crippen LogP contribution in [0, 0.1) is 6.92 Å². The fourth-order valence-corrected chi connectivity index (χ4v) is 4.18. The minimum Gasteiger partial charge on any atom is -0.487 e. The SMILES string of the molecule is CCOC(=O)[C@H](O)Cc1cc(OC2CCCCO2)c(C)cc1OCc1ccnc([C@@H]2CCCO2)n1. The van der Waals surface area contributed by atoms with E-state index in [1.165, 1.54) is 0 Å². The molecule has 1 unspecified atom stereocenters. The van der Waals surface area contributed by atoms with Gasteiger partial charge in [0, 0.05) is 31.2 Å². The molecule has 35 heavy (non-hydrogen) atoms. The molecule has 2 fully saturated rings. The smallest absolute Gasteiger partial charge is 0.335 e. The van der Waals surface area contributed by atoms with E-state index >= 15 is 0 Å². The van der Waals surface area contributed by atoms with Gasteiger partial charge >= 0.3 is 5.97 Å². The molecule has 9 nitrogen and oxygen atoms in total. The molecule has 2 aromatic rings. The highest BCUT2D eigenvalue weighted by atomic mass is 16.7. The van der Waals surface area contributed by atoms with Crippen LogP contribution in [-0.4, -0.2) is 53.3 Å². The number of aromatic nitrogens is 2. The number of hydrogen-bond donors (Lipinski definition) is 1. The van der Waals surface area contributed by atoms with Crippen molar-refractivity contribution in [1.82, 2.24) is 9.97 Å². The Labute approximate surface area is 205 Å². The van der Waals surface area contributed by atoms with Crippen LogP contribution in [0.3, 0.4) is 0 Å². The number of nitrogens with zero attached hydrogens (tertiary/aromatic N) is 2. The molecule has 0 aliphatic carbocycles. The van der Waals surface area contributed by atoms with Crippen molar-refractivity contribution in [2.75, 3.05) is 19.8 Å². The maximum Gasteiger partial charge on any atom is 0.335 e. The molecule has 0 bridgehead atoms. The predicted molar refractivity (Wildman–Crippen MR) is 126 cm³/mol. The van der Waals surface area contributed by atoms with Gasteiger partial charge in [0.2, 0.25) is 0 Å². The lowest BCUT2D eigenvalue weighted by molar-refractivity contribution is -0.152. The van der Waals surface area contributed by atoms with Crippen molar-refractivity contribution in [2.45, 2.75) is 77.5 Å². The third-order valence-corrected chi connectivity index (χ3v) is 6.05. The Bertz CT molecular complexity index is 988. The average Bonchev–Trinajstić information content (AvgIpc) is 3.41. The van der Waals surface area contributed by atoms with Crippen LogP contribution in [-0.2, 0) is 32.0 Å². The molecule has 0 radical (unpaired) electrons. The predicted octanol–water partition coefficient (Wildman–Crippen LogP) is 3.59. The number of benzene rings is 1. The number of hydrogen-bond acceptors (Lipinski definition) is 9. The topological polar surface area (TPSA) is 109 Å². The lowest BCUT2D eigenvalue weighted by atomic mass is 10.0. The summed E-state index contributed by atoms with van der Waals surface area (Å²) in [7, 11) is 0. The molecule has 0 amide bonds. The summed E-state index contributed by atoms with van der Waals surface area (Å²) in [6, 6.07) is 5.47. The zero-order chi connectivity index (χ0) is 24.6. The van der Waals surface area contributed by atoms with E-state index in [9.17, 15) is 9.90 Å². The van der Waals surface area contributed by atoms with Crippen LogP contribution < -0.4 is 9.47 Å². The third-order valence-electron chi connectivity index (χ3n) is 6.05. The molecule has 1 N–H and O–H groups in total. The molecule has 3 heterocycles. The Morgan fingerprint density at radius 1 is 1.17 bits per heavy atom. The van der Waals surface area contributed by atoms with E-state index in [4.69, 9.17) is 23.7 Å². The molecule has 2 aliphatic rings. The van der Waals surface area contributed by atoms with Gasteiger partial charge in [-0.1, -0.05) is 0 Å². The highest BCUT2D eigenvalue weighted by Gasteiger charge is 2.23. The van der Waals surface area contributed by atoms with Crippen molar-refractivity contribution in [3.05, 3.63) is 47.0 Å². The number of carbonyl (C=O) groups excluding carboxylic acids is 1. The minimum absolute atomic E-state index is 0.0290. The highest BCUT2D eigenvalue weighted by molar-refractivity contribution is 5.75. The maximum atomic E-state index is 12.1. The van der Waals surface area contributed by atoms with E-state index in [-0.39, 0.29) is 32.0 Å². The van der Waals surface area contributed by atoms with E-state index in [0.717, 1.165) is 50.0 Å². The third kappa shape index (κ3) is 6.90. The maximum absolute atomic E-state index is 12.1. The second-order valence-corrected chi connectivity index (χ2v) is 8.81. The minimum atomic E-state index is -1.32. The molecule has 2 aliphatic heterocycles. The number of ether oxygens (including phenoxy) is 5. The number of carbonyl (C=O) groups is 1. The summed E-state index contributed by atoms with van der Waals surface area (Å²) < 4.78 is 28.6. The van der Waals surface area contributed by atoms with E-state index in [0.29, 0.717) is 29.5 Å². The number of esters is 1. The normalized spacial score (nSPS) is 20.9. The molecule has 2 saturated heterocycles. The van der Waals surface area contributed by atoms with Crippen LogP contribution >= 0.6 is 0 Å². The molecule has 1 aromatic carbocycles. The lowest BCUT2D eigenvalue weighted by Gasteiger charge is -2.25.